The third-order valence-corrected chi connectivity index (χ3v) is 2.42. The minimum atomic E-state index is -0.884. The third kappa shape index (κ3) is 6.94. The van der Waals surface area contributed by atoms with Gasteiger partial charge in [0, 0.05) is 26.6 Å². The summed E-state index contributed by atoms with van der Waals surface area (Å²) in [6.07, 6.45) is 0.441. The first-order chi connectivity index (χ1) is 7.88. The molecule has 1 N–H and O–H groups in total. The molecule has 0 bridgehead atoms. The predicted octanol–water partition coefficient (Wildman–Crippen LogP) is 1.23. The quantitative estimate of drug-likeness (QED) is 0.698. The zero-order valence-corrected chi connectivity index (χ0v) is 11.1. The molecule has 0 aliphatic rings. The average molecular weight is 245 g/mol. The minimum Gasteiger partial charge on any atom is -0.481 e. The van der Waals surface area contributed by atoms with Crippen LogP contribution in [0.5, 0.6) is 0 Å². The van der Waals surface area contributed by atoms with Crippen molar-refractivity contribution in [1.82, 2.24) is 4.90 Å². The van der Waals surface area contributed by atoms with E-state index in [2.05, 4.69) is 0 Å². The fourth-order valence-corrected chi connectivity index (χ4v) is 1.41. The number of methoxy groups -OCH3 is 1. The van der Waals surface area contributed by atoms with Crippen LogP contribution in [0.4, 0.5) is 0 Å². The van der Waals surface area contributed by atoms with Crippen LogP contribution in [-0.2, 0) is 14.3 Å². The Labute approximate surface area is 103 Å². The molecule has 0 fully saturated rings. The lowest BCUT2D eigenvalue weighted by Crippen LogP contribution is -2.39. The van der Waals surface area contributed by atoms with Gasteiger partial charge in [-0.05, 0) is 5.92 Å². The number of amides is 1. The highest BCUT2D eigenvalue weighted by atomic mass is 16.5. The van der Waals surface area contributed by atoms with E-state index < -0.39 is 11.9 Å². The molecule has 100 valence electrons. The van der Waals surface area contributed by atoms with Crippen molar-refractivity contribution in [3.05, 3.63) is 0 Å². The lowest BCUT2D eigenvalue weighted by Gasteiger charge is -2.25. The maximum atomic E-state index is 11.9. The fourth-order valence-electron chi connectivity index (χ4n) is 1.41. The van der Waals surface area contributed by atoms with Gasteiger partial charge in [0.15, 0.2) is 0 Å². The molecule has 5 nitrogen and oxygen atoms in total. The summed E-state index contributed by atoms with van der Waals surface area (Å²) in [7, 11) is 1.56. The molecule has 1 amide bonds. The first-order valence-corrected chi connectivity index (χ1v) is 5.88. The van der Waals surface area contributed by atoms with Gasteiger partial charge in [0.1, 0.15) is 0 Å². The van der Waals surface area contributed by atoms with E-state index in [-0.39, 0.29) is 18.4 Å². The summed E-state index contributed by atoms with van der Waals surface area (Å²) in [5.74, 6) is -1.18. The molecule has 0 rings (SSSR count). The molecule has 0 radical (unpaired) electrons. The summed E-state index contributed by atoms with van der Waals surface area (Å²) < 4.78 is 4.93. The van der Waals surface area contributed by atoms with Crippen LogP contribution in [0, 0.1) is 11.8 Å². The van der Waals surface area contributed by atoms with Gasteiger partial charge in [-0.1, -0.05) is 20.8 Å². The second kappa shape index (κ2) is 8.06. The van der Waals surface area contributed by atoms with Crippen molar-refractivity contribution in [2.75, 3.05) is 26.8 Å². The molecule has 5 heteroatoms. The van der Waals surface area contributed by atoms with Gasteiger partial charge in [-0.2, -0.15) is 0 Å². The van der Waals surface area contributed by atoms with E-state index in [9.17, 15) is 9.59 Å². The molecule has 0 saturated heterocycles. The number of aliphatic carboxylic acids is 1. The van der Waals surface area contributed by atoms with Crippen LogP contribution in [0.15, 0.2) is 0 Å². The minimum absolute atomic E-state index is 0.00912. The first kappa shape index (κ1) is 15.9. The molecule has 0 spiro atoms. The Balaban J connectivity index is 4.41. The highest BCUT2D eigenvalue weighted by molar-refractivity contribution is 5.77. The number of rotatable bonds is 8. The third-order valence-electron chi connectivity index (χ3n) is 2.42. The fraction of sp³-hybridized carbons (Fsp3) is 0.833. The summed E-state index contributed by atoms with van der Waals surface area (Å²) in [6, 6.07) is 0. The van der Waals surface area contributed by atoms with E-state index in [1.54, 1.807) is 18.9 Å². The Morgan fingerprint density at radius 3 is 2.29 bits per heavy atom. The van der Waals surface area contributed by atoms with Gasteiger partial charge in [0.25, 0.3) is 0 Å². The molecule has 0 aliphatic carbocycles. The van der Waals surface area contributed by atoms with E-state index >= 15 is 0 Å². The highest BCUT2D eigenvalue weighted by Crippen LogP contribution is 2.07. The number of carboxylic acid groups (broad SMARTS) is 1. The predicted molar refractivity (Wildman–Crippen MR) is 64.7 cm³/mol. The molecule has 0 saturated carbocycles. The average Bonchev–Trinajstić information content (AvgIpc) is 2.22. The molecule has 17 heavy (non-hydrogen) atoms. The Bertz CT molecular complexity index is 253. The van der Waals surface area contributed by atoms with Gasteiger partial charge in [-0.25, -0.2) is 0 Å². The van der Waals surface area contributed by atoms with Crippen LogP contribution in [0.1, 0.15) is 27.2 Å². The van der Waals surface area contributed by atoms with E-state index in [0.717, 1.165) is 0 Å². The van der Waals surface area contributed by atoms with Crippen molar-refractivity contribution in [3.8, 4) is 0 Å². The van der Waals surface area contributed by atoms with Gasteiger partial charge < -0.3 is 14.7 Å². The molecule has 0 aromatic rings. The number of ether oxygens (including phenoxy) is 1. The number of hydrogen-bond acceptors (Lipinski definition) is 3. The molecule has 1 unspecified atom stereocenters. The smallest absolute Gasteiger partial charge is 0.308 e. The summed E-state index contributed by atoms with van der Waals surface area (Å²) >= 11 is 0. The number of nitrogens with zero attached hydrogens (tertiary/aromatic N) is 1. The molecule has 0 heterocycles. The highest BCUT2D eigenvalue weighted by Gasteiger charge is 2.20. The Kier molecular flexibility index (Phi) is 7.54. The Morgan fingerprint density at radius 2 is 1.88 bits per heavy atom. The maximum Gasteiger partial charge on any atom is 0.308 e. The lowest BCUT2D eigenvalue weighted by molar-refractivity contribution is -0.143. The SMILES string of the molecule is COCCN(CC(C)C(=O)O)C(=O)CC(C)C. The van der Waals surface area contributed by atoms with Crippen LogP contribution in [0.3, 0.4) is 0 Å². The number of carbonyl (C=O) groups excluding carboxylic acids is 1. The van der Waals surface area contributed by atoms with Crippen LogP contribution in [-0.4, -0.2) is 48.7 Å². The molecule has 0 aromatic carbocycles. The maximum absolute atomic E-state index is 11.9. The van der Waals surface area contributed by atoms with Crippen molar-refractivity contribution < 1.29 is 19.4 Å². The molecule has 1 atom stereocenters. The van der Waals surface area contributed by atoms with Crippen molar-refractivity contribution in [1.29, 1.82) is 0 Å². The Hall–Kier alpha value is -1.10. The van der Waals surface area contributed by atoms with E-state index in [0.29, 0.717) is 19.6 Å². The van der Waals surface area contributed by atoms with Crippen molar-refractivity contribution >= 4 is 11.9 Å². The van der Waals surface area contributed by atoms with Gasteiger partial charge >= 0.3 is 5.97 Å². The van der Waals surface area contributed by atoms with Crippen molar-refractivity contribution in [2.45, 2.75) is 27.2 Å². The van der Waals surface area contributed by atoms with Gasteiger partial charge in [0.05, 0.1) is 12.5 Å². The van der Waals surface area contributed by atoms with Crippen LogP contribution in [0.2, 0.25) is 0 Å². The molecule has 0 aliphatic heterocycles. The van der Waals surface area contributed by atoms with E-state index in [4.69, 9.17) is 9.84 Å². The largest absolute Gasteiger partial charge is 0.481 e. The van der Waals surface area contributed by atoms with Crippen molar-refractivity contribution in [3.63, 3.8) is 0 Å². The van der Waals surface area contributed by atoms with Gasteiger partial charge in [-0.3, -0.25) is 9.59 Å². The second-order valence-electron chi connectivity index (χ2n) is 4.67. The molecule has 0 aromatic heterocycles. The number of hydrogen-bond donors (Lipinski definition) is 1. The topological polar surface area (TPSA) is 66.8 Å². The zero-order chi connectivity index (χ0) is 13.4. The molecular weight excluding hydrogens is 222 g/mol. The first-order valence-electron chi connectivity index (χ1n) is 5.88. The lowest BCUT2D eigenvalue weighted by atomic mass is 10.1. The van der Waals surface area contributed by atoms with Crippen LogP contribution >= 0.6 is 0 Å². The number of carbonyl (C=O) groups is 2. The number of carboxylic acids is 1. The van der Waals surface area contributed by atoms with Gasteiger partial charge in [-0.15, -0.1) is 0 Å². The van der Waals surface area contributed by atoms with E-state index in [1.807, 2.05) is 13.8 Å². The monoisotopic (exact) mass is 245 g/mol. The van der Waals surface area contributed by atoms with Crippen LogP contribution in [0.25, 0.3) is 0 Å². The second-order valence-corrected chi connectivity index (χ2v) is 4.67. The zero-order valence-electron chi connectivity index (χ0n) is 11.1. The summed E-state index contributed by atoms with van der Waals surface area (Å²) in [5, 5.41) is 8.85. The van der Waals surface area contributed by atoms with Gasteiger partial charge in [0.2, 0.25) is 5.91 Å². The summed E-state index contributed by atoms with van der Waals surface area (Å²) in [5.41, 5.74) is 0. The van der Waals surface area contributed by atoms with E-state index in [1.165, 1.54) is 0 Å². The Morgan fingerprint density at radius 1 is 1.29 bits per heavy atom. The summed E-state index contributed by atoms with van der Waals surface area (Å²) in [4.78, 5) is 24.3. The summed E-state index contributed by atoms with van der Waals surface area (Å²) in [6.45, 7) is 6.64. The standard InChI is InChI=1S/C12H23NO4/c1-9(2)7-11(14)13(5-6-17-4)8-10(3)12(15)16/h9-10H,5-8H2,1-4H3,(H,15,16). The van der Waals surface area contributed by atoms with Crippen LogP contribution < -0.4 is 0 Å². The normalized spacial score (nSPS) is 12.5. The molecular formula is C12H23NO4. The van der Waals surface area contributed by atoms with Crippen molar-refractivity contribution in [2.24, 2.45) is 11.8 Å².